The van der Waals surface area contributed by atoms with Crippen molar-refractivity contribution in [2.45, 2.75) is 37.0 Å². The van der Waals surface area contributed by atoms with Crippen molar-refractivity contribution in [3.8, 4) is 5.75 Å². The van der Waals surface area contributed by atoms with Crippen LogP contribution in [-0.4, -0.2) is 51.3 Å². The van der Waals surface area contributed by atoms with Gasteiger partial charge in [0.2, 0.25) is 15.9 Å². The number of nitrogens with zero attached hydrogens (tertiary/aromatic N) is 1. The van der Waals surface area contributed by atoms with Gasteiger partial charge in [0.25, 0.3) is 5.91 Å². The molecule has 0 aliphatic carbocycles. The Hall–Kier alpha value is -2.43. The van der Waals surface area contributed by atoms with Crippen molar-refractivity contribution in [2.24, 2.45) is 0 Å². The summed E-state index contributed by atoms with van der Waals surface area (Å²) in [5.41, 5.74) is 0.285. The minimum absolute atomic E-state index is 0.0450. The molecule has 0 unspecified atom stereocenters. The van der Waals surface area contributed by atoms with Crippen LogP contribution in [0.2, 0.25) is 0 Å². The van der Waals surface area contributed by atoms with E-state index in [-0.39, 0.29) is 35.4 Å². The second-order valence-corrected chi connectivity index (χ2v) is 10.1. The molecule has 1 aromatic heterocycles. The van der Waals surface area contributed by atoms with Crippen LogP contribution in [0.5, 0.6) is 5.75 Å². The Morgan fingerprint density at radius 1 is 1.13 bits per heavy atom. The first-order valence-electron chi connectivity index (χ1n) is 10.2. The Kier molecular flexibility index (Phi) is 8.05. The van der Waals surface area contributed by atoms with E-state index in [2.05, 4.69) is 10.6 Å². The molecule has 1 saturated heterocycles. The summed E-state index contributed by atoms with van der Waals surface area (Å²) in [6.45, 7) is 1.16. The topological polar surface area (TPSA) is 105 Å². The number of methoxy groups -OCH3 is 1. The summed E-state index contributed by atoms with van der Waals surface area (Å²) in [6, 6.07) is 7.96. The number of amides is 2. The van der Waals surface area contributed by atoms with E-state index in [1.165, 1.54) is 34.9 Å². The van der Waals surface area contributed by atoms with E-state index >= 15 is 0 Å². The second kappa shape index (κ2) is 10.7. The van der Waals surface area contributed by atoms with Gasteiger partial charge in [-0.25, -0.2) is 8.42 Å². The Labute approximate surface area is 186 Å². The molecule has 2 aromatic rings. The van der Waals surface area contributed by atoms with Gasteiger partial charge in [-0.05, 0) is 42.5 Å². The second-order valence-electron chi connectivity index (χ2n) is 7.21. The number of benzene rings is 1. The van der Waals surface area contributed by atoms with E-state index in [4.69, 9.17) is 4.74 Å². The molecule has 168 valence electrons. The normalized spacial score (nSPS) is 15.1. The number of carbonyl (C=O) groups excluding carboxylic acids is 2. The molecule has 1 aromatic carbocycles. The molecule has 0 atom stereocenters. The molecule has 10 heteroatoms. The summed E-state index contributed by atoms with van der Waals surface area (Å²) in [4.78, 5) is 25.0. The number of thiophene rings is 1. The minimum Gasteiger partial charge on any atom is -0.495 e. The van der Waals surface area contributed by atoms with Crippen molar-refractivity contribution in [2.75, 3.05) is 32.1 Å². The highest BCUT2D eigenvalue weighted by Gasteiger charge is 2.26. The number of ether oxygens (including phenoxy) is 1. The molecule has 2 heterocycles. The van der Waals surface area contributed by atoms with Crippen molar-refractivity contribution >= 4 is 38.9 Å². The first-order valence-corrected chi connectivity index (χ1v) is 12.5. The number of sulfonamides is 1. The summed E-state index contributed by atoms with van der Waals surface area (Å²) < 4.78 is 32.9. The zero-order chi connectivity index (χ0) is 22.3. The highest BCUT2D eigenvalue weighted by atomic mass is 32.2. The van der Waals surface area contributed by atoms with E-state index in [0.29, 0.717) is 23.7 Å². The summed E-state index contributed by atoms with van der Waals surface area (Å²) in [7, 11) is -2.20. The zero-order valence-corrected chi connectivity index (χ0v) is 19.1. The van der Waals surface area contributed by atoms with Gasteiger partial charge in [0.05, 0.1) is 22.6 Å². The lowest BCUT2D eigenvalue weighted by Crippen LogP contribution is -2.32. The maximum atomic E-state index is 13.1. The highest BCUT2D eigenvalue weighted by molar-refractivity contribution is 7.89. The lowest BCUT2D eigenvalue weighted by atomic mass is 10.2. The predicted octanol–water partition coefficient (Wildman–Crippen LogP) is 3.08. The third-order valence-corrected chi connectivity index (χ3v) is 7.79. The lowest BCUT2D eigenvalue weighted by Gasteiger charge is -2.21. The van der Waals surface area contributed by atoms with Crippen molar-refractivity contribution in [1.29, 1.82) is 0 Å². The largest absolute Gasteiger partial charge is 0.495 e. The van der Waals surface area contributed by atoms with E-state index in [1.54, 1.807) is 23.6 Å². The van der Waals surface area contributed by atoms with Gasteiger partial charge >= 0.3 is 0 Å². The molecule has 0 spiro atoms. The van der Waals surface area contributed by atoms with Crippen LogP contribution in [-0.2, 0) is 14.8 Å². The summed E-state index contributed by atoms with van der Waals surface area (Å²) in [6.07, 6.45) is 3.79. The molecular formula is C21H27N3O5S2. The van der Waals surface area contributed by atoms with Gasteiger partial charge in [0, 0.05) is 26.1 Å². The Morgan fingerprint density at radius 3 is 2.52 bits per heavy atom. The smallest absolute Gasteiger partial charge is 0.261 e. The lowest BCUT2D eigenvalue weighted by molar-refractivity contribution is -0.116. The van der Waals surface area contributed by atoms with Gasteiger partial charge in [-0.2, -0.15) is 4.31 Å². The van der Waals surface area contributed by atoms with Gasteiger partial charge in [-0.1, -0.05) is 18.9 Å². The van der Waals surface area contributed by atoms with Gasteiger partial charge in [-0.3, -0.25) is 9.59 Å². The van der Waals surface area contributed by atoms with E-state index < -0.39 is 10.0 Å². The zero-order valence-electron chi connectivity index (χ0n) is 17.4. The molecule has 1 aliphatic rings. The number of carbonyl (C=O) groups is 2. The first-order chi connectivity index (χ1) is 14.9. The van der Waals surface area contributed by atoms with Gasteiger partial charge in [0.15, 0.2) is 0 Å². The number of anilines is 1. The van der Waals surface area contributed by atoms with Crippen molar-refractivity contribution in [3.05, 3.63) is 40.6 Å². The number of hydrogen-bond donors (Lipinski definition) is 2. The quantitative estimate of drug-likeness (QED) is 0.623. The van der Waals surface area contributed by atoms with Crippen LogP contribution in [0.15, 0.2) is 40.6 Å². The molecule has 0 saturated carbocycles. The third kappa shape index (κ3) is 6.05. The summed E-state index contributed by atoms with van der Waals surface area (Å²) in [5, 5.41) is 7.20. The van der Waals surface area contributed by atoms with Crippen molar-refractivity contribution in [3.63, 3.8) is 0 Å². The van der Waals surface area contributed by atoms with Gasteiger partial charge < -0.3 is 15.4 Å². The van der Waals surface area contributed by atoms with Gasteiger partial charge in [-0.15, -0.1) is 11.3 Å². The molecule has 2 N–H and O–H groups in total. The van der Waals surface area contributed by atoms with Crippen LogP contribution in [0.25, 0.3) is 0 Å². The standard InChI is InChI=1S/C21H27N3O5S2/c1-29-18-9-8-16(31(27,28)24-12-4-2-3-5-13-24)15-17(18)23-20(25)10-11-22-21(26)19-7-6-14-30-19/h6-9,14-15H,2-5,10-13H2,1H3,(H,22,26)(H,23,25). The molecule has 31 heavy (non-hydrogen) atoms. The fourth-order valence-electron chi connectivity index (χ4n) is 3.37. The van der Waals surface area contributed by atoms with Crippen LogP contribution >= 0.6 is 11.3 Å². The molecule has 0 radical (unpaired) electrons. The van der Waals surface area contributed by atoms with Crippen LogP contribution in [0.4, 0.5) is 5.69 Å². The van der Waals surface area contributed by atoms with E-state index in [9.17, 15) is 18.0 Å². The van der Waals surface area contributed by atoms with Crippen molar-refractivity contribution < 1.29 is 22.7 Å². The summed E-state index contributed by atoms with van der Waals surface area (Å²) >= 11 is 1.32. The monoisotopic (exact) mass is 465 g/mol. The third-order valence-electron chi connectivity index (χ3n) is 5.03. The SMILES string of the molecule is COc1ccc(S(=O)(=O)N2CCCCCC2)cc1NC(=O)CCNC(=O)c1cccs1. The van der Waals surface area contributed by atoms with Crippen LogP contribution in [0.3, 0.4) is 0 Å². The van der Waals surface area contributed by atoms with Crippen LogP contribution in [0.1, 0.15) is 41.8 Å². The fraction of sp³-hybridized carbons (Fsp3) is 0.429. The van der Waals surface area contributed by atoms with E-state index in [1.807, 2.05) is 0 Å². The molecule has 1 fully saturated rings. The number of rotatable bonds is 8. The summed E-state index contributed by atoms with van der Waals surface area (Å²) in [5.74, 6) is -0.217. The van der Waals surface area contributed by atoms with Crippen LogP contribution < -0.4 is 15.4 Å². The maximum absolute atomic E-state index is 13.1. The average molecular weight is 466 g/mol. The molecule has 2 amide bonds. The highest BCUT2D eigenvalue weighted by Crippen LogP contribution is 2.30. The number of nitrogens with one attached hydrogen (secondary N) is 2. The Balaban J connectivity index is 1.65. The molecule has 3 rings (SSSR count). The average Bonchev–Trinajstić information content (AvgIpc) is 3.15. The first kappa shape index (κ1) is 23.2. The van der Waals surface area contributed by atoms with Crippen molar-refractivity contribution in [1.82, 2.24) is 9.62 Å². The molecule has 1 aliphatic heterocycles. The van der Waals surface area contributed by atoms with E-state index in [0.717, 1.165) is 25.7 Å². The minimum atomic E-state index is -3.65. The van der Waals surface area contributed by atoms with Crippen LogP contribution in [0, 0.1) is 0 Å². The Bertz CT molecular complexity index is 998. The number of hydrogen-bond acceptors (Lipinski definition) is 6. The molecule has 8 nitrogen and oxygen atoms in total. The molecular weight excluding hydrogens is 438 g/mol. The van der Waals surface area contributed by atoms with Gasteiger partial charge in [0.1, 0.15) is 5.75 Å². The Morgan fingerprint density at radius 2 is 1.87 bits per heavy atom. The molecule has 0 bridgehead atoms. The fourth-order valence-corrected chi connectivity index (χ4v) is 5.56. The predicted molar refractivity (Wildman–Crippen MR) is 120 cm³/mol. The maximum Gasteiger partial charge on any atom is 0.261 e.